The van der Waals surface area contributed by atoms with Crippen LogP contribution in [-0.2, 0) is 10.8 Å². The van der Waals surface area contributed by atoms with E-state index in [0.29, 0.717) is 0 Å². The Labute approximate surface area is 71.7 Å². The van der Waals surface area contributed by atoms with Crippen molar-refractivity contribution in [3.8, 4) is 0 Å². The summed E-state index contributed by atoms with van der Waals surface area (Å²) in [5, 5.41) is 2.66. The Kier molecular flexibility index (Phi) is 2.69. The molecule has 0 spiro atoms. The van der Waals surface area contributed by atoms with Gasteiger partial charge in [0.05, 0.1) is 17.0 Å². The average Bonchev–Trinajstić information content (AvgIpc) is 2.05. The Bertz CT molecular complexity index is 318. The Balaban J connectivity index is 3.13. The molecule has 1 atom stereocenters. The Hall–Kier alpha value is -1.04. The Morgan fingerprint density at radius 1 is 1.67 bits per heavy atom. The van der Waals surface area contributed by atoms with Crippen molar-refractivity contribution < 1.29 is 8.60 Å². The van der Waals surface area contributed by atoms with Crippen molar-refractivity contribution in [3.63, 3.8) is 0 Å². The Morgan fingerprint density at radius 3 is 2.83 bits per heavy atom. The highest BCUT2D eigenvalue weighted by Gasteiger charge is 2.06. The van der Waals surface area contributed by atoms with Crippen molar-refractivity contribution in [2.24, 2.45) is 0 Å². The van der Waals surface area contributed by atoms with E-state index in [4.69, 9.17) is 0 Å². The molecule has 1 aromatic rings. The molecule has 1 aromatic heterocycles. The molecular formula is C6H8FN3OS. The fraction of sp³-hybridized carbons (Fsp3) is 0.333. The van der Waals surface area contributed by atoms with Crippen LogP contribution in [0.2, 0.25) is 0 Å². The monoisotopic (exact) mass is 189 g/mol. The van der Waals surface area contributed by atoms with Crippen LogP contribution in [0.4, 0.5) is 10.2 Å². The molecule has 0 fully saturated rings. The first-order chi connectivity index (χ1) is 5.65. The summed E-state index contributed by atoms with van der Waals surface area (Å²) in [7, 11) is 0.257. The van der Waals surface area contributed by atoms with Gasteiger partial charge in [-0.25, -0.2) is 14.4 Å². The first kappa shape index (κ1) is 9.05. The minimum absolute atomic E-state index is 0.0650. The van der Waals surface area contributed by atoms with Crippen LogP contribution in [0.1, 0.15) is 0 Å². The van der Waals surface area contributed by atoms with E-state index >= 15 is 0 Å². The van der Waals surface area contributed by atoms with E-state index in [9.17, 15) is 8.60 Å². The zero-order valence-corrected chi connectivity index (χ0v) is 7.48. The second kappa shape index (κ2) is 3.57. The van der Waals surface area contributed by atoms with Crippen molar-refractivity contribution in [1.29, 1.82) is 0 Å². The van der Waals surface area contributed by atoms with Gasteiger partial charge in [0, 0.05) is 13.3 Å². The van der Waals surface area contributed by atoms with Crippen LogP contribution < -0.4 is 5.32 Å². The van der Waals surface area contributed by atoms with Gasteiger partial charge in [0.1, 0.15) is 0 Å². The lowest BCUT2D eigenvalue weighted by molar-refractivity contribution is 0.608. The molecule has 0 aliphatic heterocycles. The summed E-state index contributed by atoms with van der Waals surface area (Å²) in [5.41, 5.74) is 0. The number of nitrogens with one attached hydrogen (secondary N) is 1. The van der Waals surface area contributed by atoms with Crippen molar-refractivity contribution in [2.45, 2.75) is 5.16 Å². The van der Waals surface area contributed by atoms with E-state index in [2.05, 4.69) is 15.3 Å². The smallest absolute Gasteiger partial charge is 0.220 e. The van der Waals surface area contributed by atoms with Gasteiger partial charge in [0.25, 0.3) is 0 Å². The van der Waals surface area contributed by atoms with E-state index in [1.807, 2.05) is 0 Å². The molecule has 0 aliphatic rings. The van der Waals surface area contributed by atoms with Gasteiger partial charge in [-0.2, -0.15) is 0 Å². The molecule has 1 heterocycles. The van der Waals surface area contributed by atoms with Crippen LogP contribution in [0.15, 0.2) is 11.4 Å². The number of rotatable bonds is 2. The van der Waals surface area contributed by atoms with Gasteiger partial charge in [-0.1, -0.05) is 0 Å². The molecule has 0 amide bonds. The lowest BCUT2D eigenvalue weighted by Crippen LogP contribution is -2.03. The zero-order valence-electron chi connectivity index (χ0n) is 6.67. The normalized spacial score (nSPS) is 12.6. The van der Waals surface area contributed by atoms with E-state index in [1.165, 1.54) is 13.3 Å². The van der Waals surface area contributed by atoms with E-state index in [1.54, 1.807) is 0 Å². The van der Waals surface area contributed by atoms with Gasteiger partial charge in [-0.05, 0) is 0 Å². The molecule has 6 heteroatoms. The van der Waals surface area contributed by atoms with E-state index < -0.39 is 16.6 Å². The molecule has 0 aromatic carbocycles. The quantitative estimate of drug-likeness (QED) is 0.684. The largest absolute Gasteiger partial charge is 0.371 e. The zero-order chi connectivity index (χ0) is 9.14. The first-order valence-electron chi connectivity index (χ1n) is 3.19. The summed E-state index contributed by atoms with van der Waals surface area (Å²) in [6.45, 7) is 0. The summed E-state index contributed by atoms with van der Waals surface area (Å²) in [5.74, 6) is -0.484. The van der Waals surface area contributed by atoms with Crippen LogP contribution >= 0.6 is 0 Å². The maximum atomic E-state index is 12.7. The van der Waals surface area contributed by atoms with Crippen LogP contribution in [0.5, 0.6) is 0 Å². The lowest BCUT2D eigenvalue weighted by Gasteiger charge is -2.00. The third-order valence-electron chi connectivity index (χ3n) is 1.22. The molecule has 0 saturated heterocycles. The third kappa shape index (κ3) is 1.76. The van der Waals surface area contributed by atoms with Crippen molar-refractivity contribution in [2.75, 3.05) is 18.6 Å². The highest BCUT2D eigenvalue weighted by Crippen LogP contribution is 2.09. The van der Waals surface area contributed by atoms with Gasteiger partial charge in [0.15, 0.2) is 11.6 Å². The summed E-state index contributed by atoms with van der Waals surface area (Å²) >= 11 is 0. The van der Waals surface area contributed by atoms with Crippen molar-refractivity contribution >= 4 is 16.6 Å². The van der Waals surface area contributed by atoms with Gasteiger partial charge >= 0.3 is 0 Å². The SMILES string of the molecule is CNc1nc(S(C)=O)ncc1F. The van der Waals surface area contributed by atoms with Crippen molar-refractivity contribution in [1.82, 2.24) is 9.97 Å². The topological polar surface area (TPSA) is 54.9 Å². The van der Waals surface area contributed by atoms with Gasteiger partial charge in [-0.3, -0.25) is 4.21 Å². The number of aromatic nitrogens is 2. The molecule has 12 heavy (non-hydrogen) atoms. The Morgan fingerprint density at radius 2 is 2.33 bits per heavy atom. The summed E-state index contributed by atoms with van der Waals surface area (Å²) in [6.07, 6.45) is 2.43. The second-order valence-electron chi connectivity index (χ2n) is 2.05. The first-order valence-corrected chi connectivity index (χ1v) is 4.74. The molecule has 0 aliphatic carbocycles. The second-order valence-corrected chi connectivity index (χ2v) is 3.33. The molecule has 0 bridgehead atoms. The number of hydrogen-bond acceptors (Lipinski definition) is 4. The number of nitrogens with zero attached hydrogens (tertiary/aromatic N) is 2. The van der Waals surface area contributed by atoms with Crippen molar-refractivity contribution in [3.05, 3.63) is 12.0 Å². The minimum atomic E-state index is -1.28. The summed E-state index contributed by atoms with van der Waals surface area (Å²) in [6, 6.07) is 0. The maximum Gasteiger partial charge on any atom is 0.220 e. The van der Waals surface area contributed by atoms with Gasteiger partial charge in [-0.15, -0.1) is 0 Å². The van der Waals surface area contributed by atoms with E-state index in [0.717, 1.165) is 6.20 Å². The highest BCUT2D eigenvalue weighted by atomic mass is 32.2. The maximum absolute atomic E-state index is 12.7. The minimum Gasteiger partial charge on any atom is -0.371 e. The number of hydrogen-bond donors (Lipinski definition) is 1. The summed E-state index contributed by atoms with van der Waals surface area (Å²) < 4.78 is 23.6. The summed E-state index contributed by atoms with van der Waals surface area (Å²) in [4.78, 5) is 7.25. The molecule has 66 valence electrons. The van der Waals surface area contributed by atoms with Gasteiger partial charge in [0.2, 0.25) is 5.16 Å². The van der Waals surface area contributed by atoms with Crippen LogP contribution in [0.3, 0.4) is 0 Å². The average molecular weight is 189 g/mol. The molecule has 1 rings (SSSR count). The standard InChI is InChI=1S/C6H8FN3OS/c1-8-5-4(7)3-9-6(10-5)12(2)11/h3H,1-2H3,(H,8,9,10). The highest BCUT2D eigenvalue weighted by molar-refractivity contribution is 7.84. The predicted molar refractivity (Wildman–Crippen MR) is 43.9 cm³/mol. The molecule has 4 nitrogen and oxygen atoms in total. The molecule has 1 N–H and O–H groups in total. The number of halogens is 1. The molecule has 0 radical (unpaired) electrons. The third-order valence-corrected chi connectivity index (χ3v) is 1.93. The van der Waals surface area contributed by atoms with Gasteiger partial charge < -0.3 is 5.32 Å². The molecular weight excluding hydrogens is 181 g/mol. The fourth-order valence-corrected chi connectivity index (χ4v) is 1.09. The van der Waals surface area contributed by atoms with E-state index in [-0.39, 0.29) is 11.0 Å². The lowest BCUT2D eigenvalue weighted by atomic mass is 10.5. The van der Waals surface area contributed by atoms with Crippen LogP contribution in [0.25, 0.3) is 0 Å². The van der Waals surface area contributed by atoms with Crippen LogP contribution in [-0.4, -0.2) is 27.5 Å². The van der Waals surface area contributed by atoms with Crippen LogP contribution in [0, 0.1) is 5.82 Å². The predicted octanol–water partition coefficient (Wildman–Crippen LogP) is 0.395. The number of anilines is 1. The fourth-order valence-electron chi connectivity index (χ4n) is 0.665. The molecule has 0 saturated carbocycles. The molecule has 1 unspecified atom stereocenters.